The second-order valence-corrected chi connectivity index (χ2v) is 10.5. The molecule has 1 heterocycles. The van der Waals surface area contributed by atoms with Crippen LogP contribution in [0.3, 0.4) is 0 Å². The maximum Gasteiger partial charge on any atom is 0.166 e. The smallest absolute Gasteiger partial charge is 0.166 e. The number of sulfone groups is 1. The van der Waals surface area contributed by atoms with Crippen molar-refractivity contribution in [2.45, 2.75) is 55.3 Å². The molecule has 1 aromatic rings. The molecule has 0 unspecified atom stereocenters. The fourth-order valence-electron chi connectivity index (χ4n) is 3.32. The van der Waals surface area contributed by atoms with Crippen molar-refractivity contribution in [3.8, 4) is 0 Å². The van der Waals surface area contributed by atoms with Crippen LogP contribution in [0, 0.1) is 5.82 Å². The molecular weight excluding hydrogens is 345 g/mol. The predicted octanol–water partition coefficient (Wildman–Crippen LogP) is 1.85. The van der Waals surface area contributed by atoms with Crippen LogP contribution in [0.15, 0.2) is 36.5 Å². The molecule has 3 N–H and O–H groups in total. The quantitative estimate of drug-likeness (QED) is 0.752. The first-order valence-corrected chi connectivity index (χ1v) is 9.63. The summed E-state index contributed by atoms with van der Waals surface area (Å²) < 4.78 is 39.9. The molecule has 0 aliphatic carbocycles. The van der Waals surface area contributed by atoms with Gasteiger partial charge in [0.05, 0.1) is 17.5 Å². The molecule has 1 saturated heterocycles. The Labute approximate surface area is 148 Å². The van der Waals surface area contributed by atoms with E-state index in [9.17, 15) is 23.0 Å². The standard InChI is InChI=1S/C18H26FNO4S/c1-12-17(4,5)25(23,24)15(10-16(2,3)22)18(11-21,20-12)13-8-6-7-9-14(13)19/h6-9,15,20-22H,1,10-11H2,2-5H3/t15-,18-/m1/s1. The van der Waals surface area contributed by atoms with E-state index in [0.29, 0.717) is 0 Å². The first-order chi connectivity index (χ1) is 11.3. The lowest BCUT2D eigenvalue weighted by Gasteiger charge is -2.51. The molecule has 140 valence electrons. The highest BCUT2D eigenvalue weighted by molar-refractivity contribution is 7.93. The van der Waals surface area contributed by atoms with E-state index in [0.717, 1.165) is 0 Å². The minimum Gasteiger partial charge on any atom is -0.394 e. The van der Waals surface area contributed by atoms with Crippen LogP contribution in [0.25, 0.3) is 0 Å². The number of hydrogen-bond donors (Lipinski definition) is 3. The zero-order chi connectivity index (χ0) is 19.3. The normalized spacial score (nSPS) is 28.4. The van der Waals surface area contributed by atoms with E-state index in [-0.39, 0.29) is 17.7 Å². The van der Waals surface area contributed by atoms with Gasteiger partial charge in [0, 0.05) is 11.3 Å². The van der Waals surface area contributed by atoms with Crippen LogP contribution in [-0.4, -0.2) is 40.8 Å². The second-order valence-electron chi connectivity index (χ2n) is 7.77. The van der Waals surface area contributed by atoms with Crippen molar-refractivity contribution in [1.82, 2.24) is 5.32 Å². The van der Waals surface area contributed by atoms with E-state index in [1.165, 1.54) is 45.9 Å². The van der Waals surface area contributed by atoms with E-state index >= 15 is 0 Å². The average Bonchev–Trinajstić information content (AvgIpc) is 2.49. The molecule has 0 aromatic heterocycles. The molecule has 25 heavy (non-hydrogen) atoms. The predicted molar refractivity (Wildman–Crippen MR) is 95.1 cm³/mol. The Morgan fingerprint density at radius 1 is 1.32 bits per heavy atom. The van der Waals surface area contributed by atoms with Crippen molar-refractivity contribution in [1.29, 1.82) is 0 Å². The van der Waals surface area contributed by atoms with Crippen LogP contribution < -0.4 is 5.32 Å². The molecule has 0 bridgehead atoms. The monoisotopic (exact) mass is 371 g/mol. The van der Waals surface area contributed by atoms with Gasteiger partial charge in [0.1, 0.15) is 16.1 Å². The van der Waals surface area contributed by atoms with Gasteiger partial charge in [0.2, 0.25) is 0 Å². The maximum atomic E-state index is 14.5. The fourth-order valence-corrected chi connectivity index (χ4v) is 5.84. The van der Waals surface area contributed by atoms with Crippen LogP contribution in [0.1, 0.15) is 39.7 Å². The first kappa shape index (κ1) is 19.9. The lowest BCUT2D eigenvalue weighted by atomic mass is 9.81. The van der Waals surface area contributed by atoms with Crippen LogP contribution in [0.4, 0.5) is 4.39 Å². The molecule has 1 aliphatic rings. The van der Waals surface area contributed by atoms with Crippen molar-refractivity contribution < 1.29 is 23.0 Å². The number of rotatable bonds is 4. The van der Waals surface area contributed by atoms with E-state index in [2.05, 4.69) is 11.9 Å². The molecule has 0 radical (unpaired) electrons. The van der Waals surface area contributed by atoms with Crippen molar-refractivity contribution in [3.63, 3.8) is 0 Å². The summed E-state index contributed by atoms with van der Waals surface area (Å²) in [5, 5.41) is 22.2. The van der Waals surface area contributed by atoms with Crippen LogP contribution in [0.2, 0.25) is 0 Å². The minimum atomic E-state index is -3.92. The van der Waals surface area contributed by atoms with Gasteiger partial charge in [0.25, 0.3) is 0 Å². The summed E-state index contributed by atoms with van der Waals surface area (Å²) in [7, 11) is -3.92. The van der Waals surface area contributed by atoms with Crippen LogP contribution in [-0.2, 0) is 15.4 Å². The summed E-state index contributed by atoms with van der Waals surface area (Å²) >= 11 is 0. The minimum absolute atomic E-state index is 0.0342. The first-order valence-electron chi connectivity index (χ1n) is 8.09. The number of aliphatic hydroxyl groups is 2. The fraction of sp³-hybridized carbons (Fsp3) is 0.556. The van der Waals surface area contributed by atoms with Gasteiger partial charge in [-0.2, -0.15) is 0 Å². The number of hydrogen-bond acceptors (Lipinski definition) is 5. The van der Waals surface area contributed by atoms with E-state index in [4.69, 9.17) is 0 Å². The summed E-state index contributed by atoms with van der Waals surface area (Å²) in [5.74, 6) is -0.632. The number of aliphatic hydroxyl groups excluding tert-OH is 1. The second kappa shape index (κ2) is 6.07. The van der Waals surface area contributed by atoms with Gasteiger partial charge in [0.15, 0.2) is 9.84 Å². The molecule has 7 heteroatoms. The SMILES string of the molecule is C=C1N[C@](CO)(c2ccccc2F)[C@@H](CC(C)(C)O)S(=O)(=O)C1(C)C. The molecule has 0 spiro atoms. The summed E-state index contributed by atoms with van der Waals surface area (Å²) in [4.78, 5) is 0. The van der Waals surface area contributed by atoms with Crippen molar-refractivity contribution in [3.05, 3.63) is 47.9 Å². The lowest BCUT2D eigenvalue weighted by Crippen LogP contribution is -2.68. The highest BCUT2D eigenvalue weighted by Crippen LogP contribution is 2.46. The molecule has 0 amide bonds. The number of nitrogens with one attached hydrogen (secondary N) is 1. The number of benzene rings is 1. The Kier molecular flexibility index (Phi) is 4.83. The van der Waals surface area contributed by atoms with Gasteiger partial charge in [-0.3, -0.25) is 0 Å². The summed E-state index contributed by atoms with van der Waals surface area (Å²) in [6.07, 6.45) is -0.173. The Morgan fingerprint density at radius 2 is 1.88 bits per heavy atom. The molecule has 2 rings (SSSR count). The highest BCUT2D eigenvalue weighted by atomic mass is 32.2. The zero-order valence-corrected chi connectivity index (χ0v) is 15.8. The third kappa shape index (κ3) is 3.09. The van der Waals surface area contributed by atoms with E-state index in [1.54, 1.807) is 6.07 Å². The number of halogens is 1. The maximum absolute atomic E-state index is 14.5. The largest absolute Gasteiger partial charge is 0.394 e. The van der Waals surface area contributed by atoms with E-state index < -0.39 is 43.4 Å². The van der Waals surface area contributed by atoms with Crippen LogP contribution in [0.5, 0.6) is 0 Å². The van der Waals surface area contributed by atoms with E-state index in [1.807, 2.05) is 0 Å². The molecule has 1 fully saturated rings. The summed E-state index contributed by atoms with van der Waals surface area (Å²) in [5.41, 5.74) is -2.75. The molecule has 1 aromatic carbocycles. The lowest BCUT2D eigenvalue weighted by molar-refractivity contribution is 0.0483. The van der Waals surface area contributed by atoms with Gasteiger partial charge in [-0.15, -0.1) is 0 Å². The zero-order valence-electron chi connectivity index (χ0n) is 15.0. The highest BCUT2D eigenvalue weighted by Gasteiger charge is 2.60. The van der Waals surface area contributed by atoms with Crippen molar-refractivity contribution in [2.75, 3.05) is 6.61 Å². The summed E-state index contributed by atoms with van der Waals surface area (Å²) in [6, 6.07) is 5.72. The third-order valence-electron chi connectivity index (χ3n) is 5.03. The Hall–Kier alpha value is -1.44. The van der Waals surface area contributed by atoms with Gasteiger partial charge in [-0.1, -0.05) is 24.8 Å². The Bertz CT molecular complexity index is 783. The van der Waals surface area contributed by atoms with Gasteiger partial charge in [-0.25, -0.2) is 12.8 Å². The molecule has 0 saturated carbocycles. The Morgan fingerprint density at radius 3 is 2.36 bits per heavy atom. The van der Waals surface area contributed by atoms with Crippen molar-refractivity contribution in [2.24, 2.45) is 0 Å². The van der Waals surface area contributed by atoms with Crippen molar-refractivity contribution >= 4 is 9.84 Å². The third-order valence-corrected chi connectivity index (χ3v) is 8.01. The van der Waals surface area contributed by atoms with Gasteiger partial charge in [-0.05, 0) is 40.2 Å². The molecule has 5 nitrogen and oxygen atoms in total. The van der Waals surface area contributed by atoms with Crippen LogP contribution >= 0.6 is 0 Å². The molecular formula is C18H26FNO4S. The topological polar surface area (TPSA) is 86.6 Å². The van der Waals surface area contributed by atoms with Gasteiger partial charge < -0.3 is 15.5 Å². The average molecular weight is 371 g/mol. The summed E-state index contributed by atoms with van der Waals surface area (Å²) in [6.45, 7) is 9.14. The van der Waals surface area contributed by atoms with Gasteiger partial charge >= 0.3 is 0 Å². The molecule has 2 atom stereocenters. The Balaban J connectivity index is 2.80. The molecule has 1 aliphatic heterocycles.